The van der Waals surface area contributed by atoms with Crippen LogP contribution in [-0.4, -0.2) is 38.2 Å². The highest BCUT2D eigenvalue weighted by atomic mass is 32.1. The molecule has 30 heavy (non-hydrogen) atoms. The fraction of sp³-hybridized carbons (Fsp3) is 0.211. The third-order valence-corrected chi connectivity index (χ3v) is 5.47. The number of anilines is 1. The summed E-state index contributed by atoms with van der Waals surface area (Å²) in [5.41, 5.74) is 0.0152. The van der Waals surface area contributed by atoms with Crippen molar-refractivity contribution < 1.29 is 22.8 Å². The number of carbonyl (C=O) groups excluding carboxylic acids is 2. The number of amides is 2. The molecule has 0 aliphatic carbocycles. The molecule has 1 aliphatic rings. The molecule has 154 valence electrons. The number of fused-ring (bicyclic) bond motifs is 1. The minimum absolute atomic E-state index is 0.0195. The third-order valence-electron chi connectivity index (χ3n) is 4.47. The van der Waals surface area contributed by atoms with Gasteiger partial charge in [-0.05, 0) is 18.2 Å². The van der Waals surface area contributed by atoms with Crippen molar-refractivity contribution in [2.24, 2.45) is 0 Å². The number of carbonyl (C=O) groups is 2. The predicted molar refractivity (Wildman–Crippen MR) is 102 cm³/mol. The van der Waals surface area contributed by atoms with Crippen LogP contribution in [0.25, 0.3) is 0 Å². The Morgan fingerprint density at radius 3 is 2.77 bits per heavy atom. The molecule has 1 aliphatic heterocycles. The van der Waals surface area contributed by atoms with Gasteiger partial charge >= 0.3 is 6.18 Å². The largest absolute Gasteiger partial charge is 0.416 e. The van der Waals surface area contributed by atoms with Crippen molar-refractivity contribution in [3.05, 3.63) is 70.2 Å². The van der Waals surface area contributed by atoms with Gasteiger partial charge in [-0.15, -0.1) is 0 Å². The maximum Gasteiger partial charge on any atom is 0.416 e. The number of nitrogens with one attached hydrogen (secondary N) is 1. The quantitative estimate of drug-likeness (QED) is 0.684. The Kier molecular flexibility index (Phi) is 5.20. The van der Waals surface area contributed by atoms with Gasteiger partial charge in [-0.25, -0.2) is 9.97 Å². The monoisotopic (exact) mass is 433 g/mol. The fourth-order valence-corrected chi connectivity index (χ4v) is 4.03. The van der Waals surface area contributed by atoms with Crippen molar-refractivity contribution in [1.29, 1.82) is 0 Å². The predicted octanol–water partition coefficient (Wildman–Crippen LogP) is 3.40. The van der Waals surface area contributed by atoms with Gasteiger partial charge in [0.1, 0.15) is 5.69 Å². The maximum absolute atomic E-state index is 12.9. The Hall–Kier alpha value is -3.34. The first-order valence-electron chi connectivity index (χ1n) is 8.84. The van der Waals surface area contributed by atoms with E-state index in [0.717, 1.165) is 22.7 Å². The van der Waals surface area contributed by atoms with Crippen LogP contribution in [0.1, 0.15) is 37.0 Å². The molecule has 4 rings (SSSR count). The van der Waals surface area contributed by atoms with Gasteiger partial charge < -0.3 is 4.90 Å². The number of rotatable bonds is 3. The summed E-state index contributed by atoms with van der Waals surface area (Å²) in [6.07, 6.45) is 0.114. The SMILES string of the molecule is O=C(Nc1nc2c(s1)CN(C(=O)c1cccc(C(F)(F)F)c1)CC2)c1cnccn1. The molecule has 0 spiro atoms. The molecule has 0 atom stereocenters. The van der Waals surface area contributed by atoms with E-state index in [2.05, 4.69) is 20.3 Å². The van der Waals surface area contributed by atoms with E-state index < -0.39 is 23.6 Å². The Morgan fingerprint density at radius 1 is 1.20 bits per heavy atom. The summed E-state index contributed by atoms with van der Waals surface area (Å²) in [5.74, 6) is -0.934. The molecule has 2 aromatic heterocycles. The molecule has 1 aromatic carbocycles. The standard InChI is InChI=1S/C19H14F3N5O2S/c20-19(21,22)12-3-1-2-11(8-12)17(29)27-7-4-13-15(10-27)30-18(25-13)26-16(28)14-9-23-5-6-24-14/h1-3,5-6,8-9H,4,7,10H2,(H,25,26,28). The van der Waals surface area contributed by atoms with Crippen molar-refractivity contribution in [2.45, 2.75) is 19.1 Å². The number of aromatic nitrogens is 3. The molecule has 2 amide bonds. The lowest BCUT2D eigenvalue weighted by molar-refractivity contribution is -0.137. The van der Waals surface area contributed by atoms with Crippen LogP contribution < -0.4 is 5.32 Å². The van der Waals surface area contributed by atoms with Crippen LogP contribution in [0.15, 0.2) is 42.9 Å². The summed E-state index contributed by atoms with van der Waals surface area (Å²) < 4.78 is 38.8. The van der Waals surface area contributed by atoms with Crippen molar-refractivity contribution >= 4 is 28.3 Å². The van der Waals surface area contributed by atoms with Gasteiger partial charge in [0.05, 0.1) is 24.0 Å². The molecule has 0 saturated carbocycles. The van der Waals surface area contributed by atoms with E-state index in [1.165, 1.54) is 47.0 Å². The lowest BCUT2D eigenvalue weighted by atomic mass is 10.1. The van der Waals surface area contributed by atoms with Gasteiger partial charge in [-0.2, -0.15) is 13.2 Å². The Balaban J connectivity index is 1.48. The number of thiazole rings is 1. The molecular weight excluding hydrogens is 419 g/mol. The Morgan fingerprint density at radius 2 is 2.03 bits per heavy atom. The van der Waals surface area contributed by atoms with Crippen LogP contribution in [0.5, 0.6) is 0 Å². The Bertz CT molecular complexity index is 1100. The summed E-state index contributed by atoms with van der Waals surface area (Å²) >= 11 is 1.22. The Labute approximate surface area is 172 Å². The summed E-state index contributed by atoms with van der Waals surface area (Å²) in [5, 5.41) is 3.02. The lowest BCUT2D eigenvalue weighted by Gasteiger charge is -2.26. The van der Waals surface area contributed by atoms with E-state index in [-0.39, 0.29) is 17.8 Å². The van der Waals surface area contributed by atoms with Gasteiger partial charge in [0, 0.05) is 35.8 Å². The molecule has 3 heterocycles. The molecule has 0 fully saturated rings. The second kappa shape index (κ2) is 7.82. The number of hydrogen-bond donors (Lipinski definition) is 1. The molecule has 3 aromatic rings. The number of nitrogens with zero attached hydrogens (tertiary/aromatic N) is 4. The lowest BCUT2D eigenvalue weighted by Crippen LogP contribution is -2.35. The highest BCUT2D eigenvalue weighted by Gasteiger charge is 2.32. The summed E-state index contributed by atoms with van der Waals surface area (Å²) in [6, 6.07) is 4.38. The van der Waals surface area contributed by atoms with E-state index in [1.807, 2.05) is 0 Å². The van der Waals surface area contributed by atoms with Gasteiger partial charge in [0.2, 0.25) is 0 Å². The van der Waals surface area contributed by atoms with Crippen molar-refractivity contribution in [3.63, 3.8) is 0 Å². The topological polar surface area (TPSA) is 88.1 Å². The fourth-order valence-electron chi connectivity index (χ4n) is 3.01. The van der Waals surface area contributed by atoms with E-state index in [9.17, 15) is 22.8 Å². The second-order valence-electron chi connectivity index (χ2n) is 6.49. The molecule has 11 heteroatoms. The van der Waals surface area contributed by atoms with Crippen LogP contribution in [0.2, 0.25) is 0 Å². The van der Waals surface area contributed by atoms with Crippen LogP contribution >= 0.6 is 11.3 Å². The zero-order chi connectivity index (χ0) is 21.3. The van der Waals surface area contributed by atoms with E-state index >= 15 is 0 Å². The average Bonchev–Trinajstić information content (AvgIpc) is 3.14. The van der Waals surface area contributed by atoms with Crippen molar-refractivity contribution in [3.8, 4) is 0 Å². The smallest absolute Gasteiger partial charge is 0.333 e. The normalized spacial score (nSPS) is 13.6. The number of halogens is 3. The first-order chi connectivity index (χ1) is 14.3. The molecule has 0 bridgehead atoms. The molecule has 0 saturated heterocycles. The number of alkyl halides is 3. The minimum Gasteiger partial charge on any atom is -0.333 e. The van der Waals surface area contributed by atoms with Crippen LogP contribution in [0, 0.1) is 0 Å². The molecule has 0 unspecified atom stereocenters. The average molecular weight is 433 g/mol. The van der Waals surface area contributed by atoms with Gasteiger partial charge in [0.15, 0.2) is 5.13 Å². The molecule has 1 N–H and O–H groups in total. The van der Waals surface area contributed by atoms with Crippen molar-refractivity contribution in [1.82, 2.24) is 19.9 Å². The second-order valence-corrected chi connectivity index (χ2v) is 7.57. The van der Waals surface area contributed by atoms with E-state index in [0.29, 0.717) is 18.1 Å². The molecule has 7 nitrogen and oxygen atoms in total. The van der Waals surface area contributed by atoms with Gasteiger partial charge in [-0.1, -0.05) is 17.4 Å². The first kappa shape index (κ1) is 20.0. The minimum atomic E-state index is -4.51. The number of benzene rings is 1. The summed E-state index contributed by atoms with van der Waals surface area (Å²) in [6.45, 7) is 0.534. The van der Waals surface area contributed by atoms with Crippen LogP contribution in [-0.2, 0) is 19.1 Å². The highest BCUT2D eigenvalue weighted by molar-refractivity contribution is 7.15. The van der Waals surface area contributed by atoms with Gasteiger partial charge in [-0.3, -0.25) is 19.9 Å². The molecular formula is C19H14F3N5O2S. The summed E-state index contributed by atoms with van der Waals surface area (Å²) in [7, 11) is 0. The molecule has 0 radical (unpaired) electrons. The zero-order valence-corrected chi connectivity index (χ0v) is 16.1. The first-order valence-corrected chi connectivity index (χ1v) is 9.65. The third kappa shape index (κ3) is 4.15. The number of hydrogen-bond acceptors (Lipinski definition) is 6. The van der Waals surface area contributed by atoms with Crippen LogP contribution in [0.3, 0.4) is 0 Å². The van der Waals surface area contributed by atoms with E-state index in [1.54, 1.807) is 0 Å². The highest BCUT2D eigenvalue weighted by Crippen LogP contribution is 2.31. The van der Waals surface area contributed by atoms with Crippen molar-refractivity contribution in [2.75, 3.05) is 11.9 Å². The maximum atomic E-state index is 12.9. The summed E-state index contributed by atoms with van der Waals surface area (Å²) in [4.78, 5) is 39.3. The van der Waals surface area contributed by atoms with Crippen LogP contribution in [0.4, 0.5) is 18.3 Å². The van der Waals surface area contributed by atoms with Gasteiger partial charge in [0.25, 0.3) is 11.8 Å². The van der Waals surface area contributed by atoms with E-state index in [4.69, 9.17) is 0 Å². The zero-order valence-electron chi connectivity index (χ0n) is 15.3.